The number of hydrogen-bond donors (Lipinski definition) is 0. The molecule has 3 aliphatic carbocycles. The lowest BCUT2D eigenvalue weighted by molar-refractivity contribution is -0.151. The van der Waals surface area contributed by atoms with Crippen molar-refractivity contribution >= 4 is 5.97 Å². The molecule has 2 bridgehead atoms. The van der Waals surface area contributed by atoms with Gasteiger partial charge in [0.05, 0.1) is 5.92 Å². The summed E-state index contributed by atoms with van der Waals surface area (Å²) in [6, 6.07) is 18.3. The van der Waals surface area contributed by atoms with Crippen LogP contribution in [0, 0.1) is 16.7 Å². The van der Waals surface area contributed by atoms with Gasteiger partial charge in [0.25, 0.3) is 0 Å². The second kappa shape index (κ2) is 10.7. The fourth-order valence-electron chi connectivity index (χ4n) is 6.43. The third-order valence-corrected chi connectivity index (χ3v) is 8.63. The molecule has 1 atom stereocenters. The number of carbonyl (C=O) groups excluding carboxylic acids is 1. The third kappa shape index (κ3) is 5.42. The molecule has 0 amide bonds. The highest BCUT2D eigenvalue weighted by Crippen LogP contribution is 2.62. The van der Waals surface area contributed by atoms with Gasteiger partial charge >= 0.3 is 5.97 Å². The fourth-order valence-corrected chi connectivity index (χ4v) is 6.43. The number of allylic oxidation sites excluding steroid dienone is 1. The van der Waals surface area contributed by atoms with Gasteiger partial charge in [-0.25, -0.2) is 0 Å². The molecule has 0 spiro atoms. The number of unbranched alkanes of at least 4 members (excludes halogenated alkanes) is 2. The highest BCUT2D eigenvalue weighted by Gasteiger charge is 2.53. The van der Waals surface area contributed by atoms with E-state index >= 15 is 0 Å². The Hall–Kier alpha value is -2.35. The molecule has 0 aromatic heterocycles. The van der Waals surface area contributed by atoms with E-state index in [2.05, 4.69) is 25.6 Å². The Balaban J connectivity index is 1.43. The first-order chi connectivity index (χ1) is 16.1. The van der Waals surface area contributed by atoms with E-state index in [0.717, 1.165) is 18.4 Å². The molecule has 3 aliphatic rings. The molecule has 0 radical (unpaired) electrons. The van der Waals surface area contributed by atoms with Gasteiger partial charge in [-0.15, -0.1) is 6.58 Å². The normalized spacial score (nSPS) is 24.9. The maximum Gasteiger partial charge on any atom is 0.314 e. The van der Waals surface area contributed by atoms with Crippen molar-refractivity contribution in [3.05, 3.63) is 67.3 Å². The smallest absolute Gasteiger partial charge is 0.314 e. The Morgan fingerprint density at radius 3 is 2.18 bits per heavy atom. The van der Waals surface area contributed by atoms with Gasteiger partial charge < -0.3 is 4.74 Å². The average Bonchev–Trinajstić information content (AvgIpc) is 2.86. The number of ether oxygens (including phenoxy) is 1. The van der Waals surface area contributed by atoms with Crippen molar-refractivity contribution < 1.29 is 9.53 Å². The lowest BCUT2D eigenvalue weighted by Crippen LogP contribution is -2.48. The van der Waals surface area contributed by atoms with Crippen LogP contribution in [0.2, 0.25) is 0 Å². The summed E-state index contributed by atoms with van der Waals surface area (Å²) < 4.78 is 5.99. The topological polar surface area (TPSA) is 26.3 Å². The van der Waals surface area contributed by atoms with Crippen LogP contribution in [0.25, 0.3) is 11.1 Å². The molecule has 5 rings (SSSR count). The van der Waals surface area contributed by atoms with Gasteiger partial charge in [-0.2, -0.15) is 0 Å². The monoisotopic (exact) mass is 444 g/mol. The molecule has 3 fully saturated rings. The molecule has 0 heterocycles. The van der Waals surface area contributed by atoms with Crippen LogP contribution in [0.3, 0.4) is 0 Å². The summed E-state index contributed by atoms with van der Waals surface area (Å²) in [6.45, 7) is 6.21. The Labute approximate surface area is 200 Å². The van der Waals surface area contributed by atoms with Crippen molar-refractivity contribution in [2.75, 3.05) is 0 Å². The molecule has 0 N–H and O–H groups in total. The van der Waals surface area contributed by atoms with Crippen LogP contribution in [0.15, 0.2) is 67.3 Å². The minimum absolute atomic E-state index is 0.0294. The van der Waals surface area contributed by atoms with Gasteiger partial charge in [0.2, 0.25) is 0 Å². The van der Waals surface area contributed by atoms with E-state index < -0.39 is 0 Å². The van der Waals surface area contributed by atoms with E-state index in [4.69, 9.17) is 4.74 Å². The number of benzene rings is 2. The van der Waals surface area contributed by atoms with Crippen LogP contribution in [0.1, 0.15) is 84.0 Å². The highest BCUT2D eigenvalue weighted by molar-refractivity contribution is 5.76. The summed E-state index contributed by atoms with van der Waals surface area (Å²) in [7, 11) is 0. The van der Waals surface area contributed by atoms with Crippen molar-refractivity contribution in [1.29, 1.82) is 0 Å². The van der Waals surface area contributed by atoms with E-state index in [1.54, 1.807) is 0 Å². The Kier molecular flexibility index (Phi) is 7.73. The van der Waals surface area contributed by atoms with Crippen molar-refractivity contribution in [2.45, 2.75) is 84.0 Å². The van der Waals surface area contributed by atoms with E-state index in [1.165, 1.54) is 69.8 Å². The summed E-state index contributed by atoms with van der Waals surface area (Å²) in [6.07, 6.45) is 16.5. The molecule has 0 aliphatic heterocycles. The SMILES string of the molecule is C=CCCC(C(=O)Oc1ccc(-c2ccccc2)cc1)C12CCC(CCCCC)(CC1)CC2. The maximum absolute atomic E-state index is 13.5. The number of hydrogen-bond acceptors (Lipinski definition) is 2. The number of esters is 1. The second-order valence-electron chi connectivity index (χ2n) is 10.5. The highest BCUT2D eigenvalue weighted by atomic mass is 16.5. The Morgan fingerprint density at radius 2 is 1.58 bits per heavy atom. The zero-order chi connectivity index (χ0) is 23.2. The minimum atomic E-state index is -0.0373. The second-order valence-corrected chi connectivity index (χ2v) is 10.5. The largest absolute Gasteiger partial charge is 0.426 e. The fraction of sp³-hybridized carbons (Fsp3) is 0.516. The summed E-state index contributed by atoms with van der Waals surface area (Å²) in [4.78, 5) is 13.5. The summed E-state index contributed by atoms with van der Waals surface area (Å²) >= 11 is 0. The summed E-state index contributed by atoms with van der Waals surface area (Å²) in [5.41, 5.74) is 2.98. The van der Waals surface area contributed by atoms with Crippen molar-refractivity contribution in [3.63, 3.8) is 0 Å². The lowest BCUT2D eigenvalue weighted by Gasteiger charge is -2.56. The molecule has 3 saturated carbocycles. The molecule has 2 nitrogen and oxygen atoms in total. The minimum Gasteiger partial charge on any atom is -0.426 e. The van der Waals surface area contributed by atoms with Gasteiger partial charge in [-0.1, -0.05) is 74.7 Å². The average molecular weight is 445 g/mol. The van der Waals surface area contributed by atoms with E-state index in [9.17, 15) is 4.79 Å². The zero-order valence-electron chi connectivity index (χ0n) is 20.4. The quantitative estimate of drug-likeness (QED) is 0.150. The predicted molar refractivity (Wildman–Crippen MR) is 137 cm³/mol. The van der Waals surface area contributed by atoms with Gasteiger partial charge in [0.15, 0.2) is 0 Å². The molecule has 2 heteroatoms. The molecular weight excluding hydrogens is 404 g/mol. The van der Waals surface area contributed by atoms with Crippen LogP contribution >= 0.6 is 0 Å². The molecule has 1 unspecified atom stereocenters. The molecule has 2 aromatic carbocycles. The van der Waals surface area contributed by atoms with E-state index in [0.29, 0.717) is 11.2 Å². The Bertz CT molecular complexity index is 887. The van der Waals surface area contributed by atoms with Crippen molar-refractivity contribution in [1.82, 2.24) is 0 Å². The zero-order valence-corrected chi connectivity index (χ0v) is 20.4. The Morgan fingerprint density at radius 1 is 0.939 bits per heavy atom. The van der Waals surface area contributed by atoms with Crippen LogP contribution in [-0.4, -0.2) is 5.97 Å². The van der Waals surface area contributed by atoms with Crippen molar-refractivity contribution in [2.24, 2.45) is 16.7 Å². The summed E-state index contributed by atoms with van der Waals surface area (Å²) in [5.74, 6) is 0.586. The van der Waals surface area contributed by atoms with E-state index in [-0.39, 0.29) is 17.3 Å². The maximum atomic E-state index is 13.5. The summed E-state index contributed by atoms with van der Waals surface area (Å²) in [5, 5.41) is 0. The van der Waals surface area contributed by atoms with Crippen LogP contribution < -0.4 is 4.74 Å². The number of fused-ring (bicyclic) bond motifs is 3. The van der Waals surface area contributed by atoms with E-state index in [1.807, 2.05) is 48.5 Å². The van der Waals surface area contributed by atoms with Crippen LogP contribution in [0.5, 0.6) is 5.75 Å². The van der Waals surface area contributed by atoms with Gasteiger partial charge in [0.1, 0.15) is 5.75 Å². The first-order valence-corrected chi connectivity index (χ1v) is 13.1. The first-order valence-electron chi connectivity index (χ1n) is 13.1. The molecular formula is C31H40O2. The molecule has 0 saturated heterocycles. The van der Waals surface area contributed by atoms with Gasteiger partial charge in [0, 0.05) is 0 Å². The van der Waals surface area contributed by atoms with Crippen molar-refractivity contribution in [3.8, 4) is 16.9 Å². The van der Waals surface area contributed by atoms with Crippen LogP contribution in [-0.2, 0) is 4.79 Å². The molecule has 176 valence electrons. The molecule has 2 aromatic rings. The molecule has 33 heavy (non-hydrogen) atoms. The van der Waals surface area contributed by atoms with Gasteiger partial charge in [-0.05, 0) is 91.9 Å². The third-order valence-electron chi connectivity index (χ3n) is 8.63. The lowest BCUT2D eigenvalue weighted by atomic mass is 9.49. The standard InChI is InChI=1S/C31H40O2/c1-3-5-10-18-30-19-22-31(23-20-30,24-21-30)28(13-6-4-2)29(32)33-27-16-14-26(15-17-27)25-11-8-7-9-12-25/h4,7-9,11-12,14-17,28H,2-3,5-6,10,13,18-24H2,1H3. The number of rotatable bonds is 11. The predicted octanol–water partition coefficient (Wildman–Crippen LogP) is 8.76. The van der Waals surface area contributed by atoms with Gasteiger partial charge in [-0.3, -0.25) is 4.79 Å². The first kappa shape index (κ1) is 23.8. The van der Waals surface area contributed by atoms with Crippen LogP contribution in [0.4, 0.5) is 0 Å². The number of carbonyl (C=O) groups is 1.